The van der Waals surface area contributed by atoms with Crippen molar-refractivity contribution < 1.29 is 27.9 Å². The largest absolute Gasteiger partial charge is 0.452 e. The lowest BCUT2D eigenvalue weighted by molar-refractivity contribution is -0.143. The quantitative estimate of drug-likeness (QED) is 0.477. The standard InChI is InChI=1S/C20H17BrF2N2O4/c21-14-2-7-17(23)13(11-14)1-8-20(28)29-12-19(27)25(10-9-18(24)26)16-5-3-15(22)4-6-16/h1-8,11H,9-10,12H2,(H2,24,26)/b8-1+. The summed E-state index contributed by atoms with van der Waals surface area (Å²) in [6.07, 6.45) is 2.08. The van der Waals surface area contributed by atoms with Crippen molar-refractivity contribution in [2.75, 3.05) is 18.1 Å². The Morgan fingerprint density at radius 1 is 1.10 bits per heavy atom. The summed E-state index contributed by atoms with van der Waals surface area (Å²) >= 11 is 3.20. The molecule has 0 fully saturated rings. The maximum atomic E-state index is 13.7. The van der Waals surface area contributed by atoms with E-state index in [2.05, 4.69) is 15.9 Å². The fraction of sp³-hybridized carbons (Fsp3) is 0.150. The Labute approximate surface area is 174 Å². The zero-order valence-corrected chi connectivity index (χ0v) is 16.7. The first-order valence-electron chi connectivity index (χ1n) is 8.40. The number of primary amides is 1. The van der Waals surface area contributed by atoms with Gasteiger partial charge in [-0.3, -0.25) is 9.59 Å². The number of hydrogen-bond donors (Lipinski definition) is 1. The van der Waals surface area contributed by atoms with E-state index in [1.54, 1.807) is 0 Å². The minimum Gasteiger partial charge on any atom is -0.452 e. The average Bonchev–Trinajstić information content (AvgIpc) is 2.68. The monoisotopic (exact) mass is 466 g/mol. The van der Waals surface area contributed by atoms with Gasteiger partial charge < -0.3 is 15.4 Å². The number of nitrogens with two attached hydrogens (primary N) is 1. The van der Waals surface area contributed by atoms with Crippen molar-refractivity contribution in [3.8, 4) is 0 Å². The van der Waals surface area contributed by atoms with E-state index < -0.39 is 36.0 Å². The SMILES string of the molecule is NC(=O)CCN(C(=O)COC(=O)/C=C/c1cc(Br)ccc1F)c1ccc(F)cc1. The van der Waals surface area contributed by atoms with E-state index in [0.717, 1.165) is 23.1 Å². The Morgan fingerprint density at radius 3 is 2.45 bits per heavy atom. The number of carbonyl (C=O) groups is 3. The van der Waals surface area contributed by atoms with E-state index in [4.69, 9.17) is 10.5 Å². The van der Waals surface area contributed by atoms with Crippen molar-refractivity contribution in [2.45, 2.75) is 6.42 Å². The van der Waals surface area contributed by atoms with Crippen LogP contribution in [0.25, 0.3) is 6.08 Å². The van der Waals surface area contributed by atoms with Crippen LogP contribution in [0.15, 0.2) is 53.0 Å². The number of nitrogens with zero attached hydrogens (tertiary/aromatic N) is 1. The molecule has 0 radical (unpaired) electrons. The van der Waals surface area contributed by atoms with Crippen LogP contribution < -0.4 is 10.6 Å². The van der Waals surface area contributed by atoms with Crippen molar-refractivity contribution in [2.24, 2.45) is 5.73 Å². The molecule has 0 spiro atoms. The minimum absolute atomic E-state index is 0.0591. The third kappa shape index (κ3) is 7.11. The number of benzene rings is 2. The lowest BCUT2D eigenvalue weighted by Crippen LogP contribution is -2.37. The first kappa shape index (κ1) is 22.2. The molecule has 0 saturated heterocycles. The lowest BCUT2D eigenvalue weighted by Gasteiger charge is -2.22. The molecule has 0 aliphatic rings. The third-order valence-corrected chi connectivity index (χ3v) is 4.21. The molecule has 0 saturated carbocycles. The number of carbonyl (C=O) groups excluding carboxylic acids is 3. The summed E-state index contributed by atoms with van der Waals surface area (Å²) in [7, 11) is 0. The number of halogens is 3. The van der Waals surface area contributed by atoms with Crippen LogP contribution in [0, 0.1) is 11.6 Å². The van der Waals surface area contributed by atoms with Gasteiger partial charge in [-0.15, -0.1) is 0 Å². The Kier molecular flexibility index (Phi) is 8.02. The van der Waals surface area contributed by atoms with Gasteiger partial charge in [0.1, 0.15) is 11.6 Å². The van der Waals surface area contributed by atoms with Gasteiger partial charge in [-0.05, 0) is 48.5 Å². The maximum Gasteiger partial charge on any atom is 0.331 e. The molecule has 0 unspecified atom stereocenters. The molecule has 0 atom stereocenters. The van der Waals surface area contributed by atoms with E-state index in [1.165, 1.54) is 36.4 Å². The molecular formula is C20H17BrF2N2O4. The van der Waals surface area contributed by atoms with Crippen LogP contribution in [-0.4, -0.2) is 30.9 Å². The topological polar surface area (TPSA) is 89.7 Å². The molecule has 2 aromatic carbocycles. The molecule has 0 bridgehead atoms. The number of amides is 2. The number of hydrogen-bond acceptors (Lipinski definition) is 4. The Hall–Kier alpha value is -3.07. The maximum absolute atomic E-state index is 13.7. The highest BCUT2D eigenvalue weighted by Crippen LogP contribution is 2.17. The summed E-state index contributed by atoms with van der Waals surface area (Å²) in [6.45, 7) is -0.684. The first-order chi connectivity index (χ1) is 13.8. The summed E-state index contributed by atoms with van der Waals surface area (Å²) in [5.41, 5.74) is 5.60. The second kappa shape index (κ2) is 10.5. The third-order valence-electron chi connectivity index (χ3n) is 3.72. The van der Waals surface area contributed by atoms with Crippen LogP contribution in [0.3, 0.4) is 0 Å². The van der Waals surface area contributed by atoms with Crippen LogP contribution >= 0.6 is 15.9 Å². The highest BCUT2D eigenvalue weighted by atomic mass is 79.9. The van der Waals surface area contributed by atoms with Gasteiger partial charge in [0.25, 0.3) is 5.91 Å². The summed E-state index contributed by atoms with van der Waals surface area (Å²) in [6, 6.07) is 9.24. The van der Waals surface area contributed by atoms with E-state index in [9.17, 15) is 23.2 Å². The van der Waals surface area contributed by atoms with Crippen molar-refractivity contribution in [3.05, 3.63) is 70.2 Å². The molecule has 2 rings (SSSR count). The van der Waals surface area contributed by atoms with Gasteiger partial charge in [0.2, 0.25) is 5.91 Å². The lowest BCUT2D eigenvalue weighted by atomic mass is 10.2. The second-order valence-electron chi connectivity index (χ2n) is 5.84. The smallest absolute Gasteiger partial charge is 0.331 e. The number of ether oxygens (including phenoxy) is 1. The van der Waals surface area contributed by atoms with Crippen molar-refractivity contribution >= 4 is 45.5 Å². The van der Waals surface area contributed by atoms with E-state index in [0.29, 0.717) is 10.2 Å². The van der Waals surface area contributed by atoms with Gasteiger partial charge in [0.15, 0.2) is 6.61 Å². The highest BCUT2D eigenvalue weighted by molar-refractivity contribution is 9.10. The van der Waals surface area contributed by atoms with E-state index in [-0.39, 0.29) is 18.5 Å². The Balaban J connectivity index is 2.01. The molecule has 29 heavy (non-hydrogen) atoms. The minimum atomic E-state index is -0.855. The van der Waals surface area contributed by atoms with Gasteiger partial charge in [-0.2, -0.15) is 0 Å². The molecule has 9 heteroatoms. The van der Waals surface area contributed by atoms with Gasteiger partial charge in [0.05, 0.1) is 0 Å². The van der Waals surface area contributed by atoms with Gasteiger partial charge in [0, 0.05) is 34.8 Å². The molecule has 2 N–H and O–H groups in total. The van der Waals surface area contributed by atoms with Crippen LogP contribution in [0.5, 0.6) is 0 Å². The highest BCUT2D eigenvalue weighted by Gasteiger charge is 2.18. The molecule has 0 heterocycles. The van der Waals surface area contributed by atoms with Crippen LogP contribution in [-0.2, 0) is 19.1 Å². The number of esters is 1. The Morgan fingerprint density at radius 2 is 1.79 bits per heavy atom. The average molecular weight is 467 g/mol. The summed E-state index contributed by atoms with van der Waals surface area (Å²) in [5, 5.41) is 0. The first-order valence-corrected chi connectivity index (χ1v) is 9.19. The predicted octanol–water partition coefficient (Wildman–Crippen LogP) is 3.19. The van der Waals surface area contributed by atoms with Crippen LogP contribution in [0.1, 0.15) is 12.0 Å². The molecule has 152 valence electrons. The molecule has 2 aromatic rings. The molecule has 6 nitrogen and oxygen atoms in total. The molecular weight excluding hydrogens is 450 g/mol. The van der Waals surface area contributed by atoms with Crippen molar-refractivity contribution in [1.82, 2.24) is 0 Å². The van der Waals surface area contributed by atoms with Crippen molar-refractivity contribution in [3.63, 3.8) is 0 Å². The number of anilines is 1. The fourth-order valence-corrected chi connectivity index (χ4v) is 2.68. The Bertz CT molecular complexity index is 933. The van der Waals surface area contributed by atoms with Crippen LogP contribution in [0.4, 0.5) is 14.5 Å². The van der Waals surface area contributed by atoms with Crippen LogP contribution in [0.2, 0.25) is 0 Å². The number of rotatable bonds is 8. The summed E-state index contributed by atoms with van der Waals surface area (Å²) < 4.78 is 32.3. The van der Waals surface area contributed by atoms with Crippen molar-refractivity contribution in [1.29, 1.82) is 0 Å². The second-order valence-corrected chi connectivity index (χ2v) is 6.76. The van der Waals surface area contributed by atoms with E-state index >= 15 is 0 Å². The molecule has 0 aliphatic heterocycles. The van der Waals surface area contributed by atoms with Gasteiger partial charge in [-0.1, -0.05) is 15.9 Å². The summed E-state index contributed by atoms with van der Waals surface area (Å²) in [4.78, 5) is 36.5. The molecule has 0 aliphatic carbocycles. The molecule has 2 amide bonds. The van der Waals surface area contributed by atoms with Gasteiger partial charge >= 0.3 is 5.97 Å². The van der Waals surface area contributed by atoms with E-state index in [1.807, 2.05) is 0 Å². The predicted molar refractivity (Wildman–Crippen MR) is 107 cm³/mol. The van der Waals surface area contributed by atoms with Gasteiger partial charge in [-0.25, -0.2) is 13.6 Å². The molecule has 0 aromatic heterocycles. The summed E-state index contributed by atoms with van der Waals surface area (Å²) in [5.74, 6) is -3.13. The zero-order chi connectivity index (χ0) is 21.4. The normalized spacial score (nSPS) is 10.7. The fourth-order valence-electron chi connectivity index (χ4n) is 2.30. The zero-order valence-electron chi connectivity index (χ0n) is 15.1.